The smallest absolute Gasteiger partial charge is 0.314 e. The van der Waals surface area contributed by atoms with Gasteiger partial charge in [-0.15, -0.1) is 0 Å². The molecule has 0 aromatic heterocycles. The minimum Gasteiger partial charge on any atom is -0.493 e. The van der Waals surface area contributed by atoms with Crippen LogP contribution in [0.5, 0.6) is 5.75 Å². The number of amides is 2. The van der Waals surface area contributed by atoms with Crippen LogP contribution in [0.4, 0.5) is 9.18 Å². The summed E-state index contributed by atoms with van der Waals surface area (Å²) in [5.41, 5.74) is 0.574. The zero-order valence-corrected chi connectivity index (χ0v) is 18.1. The lowest BCUT2D eigenvalue weighted by Gasteiger charge is -2.29. The van der Waals surface area contributed by atoms with E-state index in [2.05, 4.69) is 10.6 Å². The molecule has 2 fully saturated rings. The summed E-state index contributed by atoms with van der Waals surface area (Å²) in [6.45, 7) is 3.56. The van der Waals surface area contributed by atoms with Gasteiger partial charge in [-0.25, -0.2) is 9.18 Å². The lowest BCUT2D eigenvalue weighted by Crippen LogP contribution is -2.39. The van der Waals surface area contributed by atoms with Gasteiger partial charge >= 0.3 is 6.03 Å². The first kappa shape index (κ1) is 22.8. The molecule has 1 atom stereocenters. The maximum atomic E-state index is 14.3. The van der Waals surface area contributed by atoms with E-state index in [0.717, 1.165) is 32.1 Å². The van der Waals surface area contributed by atoms with Gasteiger partial charge < -0.3 is 24.8 Å². The van der Waals surface area contributed by atoms with Gasteiger partial charge in [0.2, 0.25) is 0 Å². The molecule has 1 aromatic rings. The number of urea groups is 1. The summed E-state index contributed by atoms with van der Waals surface area (Å²) in [5.74, 6) is 0.984. The molecule has 168 valence electrons. The Kier molecular flexibility index (Phi) is 8.75. The van der Waals surface area contributed by atoms with Crippen molar-refractivity contribution < 1.29 is 23.4 Å². The Morgan fingerprint density at radius 3 is 2.47 bits per heavy atom. The van der Waals surface area contributed by atoms with Crippen molar-refractivity contribution in [3.05, 3.63) is 29.6 Å². The lowest BCUT2D eigenvalue weighted by atomic mass is 9.95. The monoisotopic (exact) mass is 422 g/mol. The molecule has 0 radical (unpaired) electrons. The molecule has 1 aromatic carbocycles. The van der Waals surface area contributed by atoms with Crippen LogP contribution in [0.2, 0.25) is 0 Å². The van der Waals surface area contributed by atoms with Gasteiger partial charge in [-0.05, 0) is 63.9 Å². The summed E-state index contributed by atoms with van der Waals surface area (Å²) in [6.07, 6.45) is 7.31. The highest BCUT2D eigenvalue weighted by molar-refractivity contribution is 5.73. The standard InChI is InChI=1S/C23H35FN2O4/c1-16(26-23(27)25-2)11-12-28-19-7-9-20(10-8-19)30-15-18-5-6-21(13-22(18)24)29-14-17-3-4-17/h5-6,13,16-17,19-20H,3-4,7-12,14-15H2,1-2H3,(H2,25,26,27). The van der Waals surface area contributed by atoms with Crippen molar-refractivity contribution >= 4 is 6.03 Å². The Morgan fingerprint density at radius 1 is 1.13 bits per heavy atom. The molecule has 30 heavy (non-hydrogen) atoms. The minimum absolute atomic E-state index is 0.0741. The van der Waals surface area contributed by atoms with Gasteiger partial charge in [0.25, 0.3) is 0 Å². The second-order valence-corrected chi connectivity index (χ2v) is 8.50. The van der Waals surface area contributed by atoms with Gasteiger partial charge in [-0.1, -0.05) is 6.07 Å². The zero-order valence-electron chi connectivity index (χ0n) is 18.1. The van der Waals surface area contributed by atoms with Crippen LogP contribution in [-0.4, -0.2) is 44.5 Å². The van der Waals surface area contributed by atoms with Gasteiger partial charge in [-0.3, -0.25) is 0 Å². The molecule has 2 saturated carbocycles. The van der Waals surface area contributed by atoms with Gasteiger partial charge in [0, 0.05) is 31.3 Å². The van der Waals surface area contributed by atoms with Crippen molar-refractivity contribution in [2.45, 2.75) is 76.7 Å². The molecule has 7 heteroatoms. The van der Waals surface area contributed by atoms with E-state index in [1.54, 1.807) is 13.1 Å². The third kappa shape index (κ3) is 7.76. The molecule has 0 heterocycles. The van der Waals surface area contributed by atoms with E-state index in [1.165, 1.54) is 18.9 Å². The van der Waals surface area contributed by atoms with Crippen LogP contribution in [0, 0.1) is 11.7 Å². The summed E-state index contributed by atoms with van der Waals surface area (Å²) in [4.78, 5) is 11.3. The molecule has 1 unspecified atom stereocenters. The van der Waals surface area contributed by atoms with Crippen LogP contribution >= 0.6 is 0 Å². The first-order valence-electron chi connectivity index (χ1n) is 11.2. The second-order valence-electron chi connectivity index (χ2n) is 8.50. The number of benzene rings is 1. The molecular formula is C23H35FN2O4. The molecule has 0 aliphatic heterocycles. The molecule has 2 aliphatic carbocycles. The first-order chi connectivity index (χ1) is 14.5. The molecule has 6 nitrogen and oxygen atoms in total. The number of carbonyl (C=O) groups excluding carboxylic acids is 1. The zero-order chi connectivity index (χ0) is 21.3. The van der Waals surface area contributed by atoms with E-state index in [1.807, 2.05) is 13.0 Å². The van der Waals surface area contributed by atoms with Gasteiger partial charge in [0.15, 0.2) is 0 Å². The molecule has 2 N–H and O–H groups in total. The number of halogens is 1. The summed E-state index contributed by atoms with van der Waals surface area (Å²) >= 11 is 0. The Labute approximate surface area is 178 Å². The number of nitrogens with one attached hydrogen (secondary N) is 2. The van der Waals surface area contributed by atoms with E-state index < -0.39 is 0 Å². The Morgan fingerprint density at radius 2 is 1.83 bits per heavy atom. The highest BCUT2D eigenvalue weighted by atomic mass is 19.1. The molecule has 0 saturated heterocycles. The predicted octanol–water partition coefficient (Wildman–Crippen LogP) is 4.17. The fourth-order valence-corrected chi connectivity index (χ4v) is 3.59. The Bertz CT molecular complexity index is 675. The highest BCUT2D eigenvalue weighted by Crippen LogP contribution is 2.30. The fraction of sp³-hybridized carbons (Fsp3) is 0.696. The van der Waals surface area contributed by atoms with Crippen molar-refractivity contribution in [1.29, 1.82) is 0 Å². The van der Waals surface area contributed by atoms with Gasteiger partial charge in [-0.2, -0.15) is 0 Å². The molecule has 2 amide bonds. The van der Waals surface area contributed by atoms with E-state index in [9.17, 15) is 9.18 Å². The van der Waals surface area contributed by atoms with E-state index in [4.69, 9.17) is 14.2 Å². The number of hydrogen-bond donors (Lipinski definition) is 2. The van der Waals surface area contributed by atoms with Crippen molar-refractivity contribution in [2.75, 3.05) is 20.3 Å². The SMILES string of the molecule is CNC(=O)NC(C)CCOC1CCC(OCc2ccc(OCC3CC3)cc2F)CC1. The third-order valence-corrected chi connectivity index (χ3v) is 5.81. The van der Waals surface area contributed by atoms with Crippen LogP contribution in [0.15, 0.2) is 18.2 Å². The van der Waals surface area contributed by atoms with Crippen molar-refractivity contribution in [2.24, 2.45) is 5.92 Å². The number of hydrogen-bond acceptors (Lipinski definition) is 4. The molecular weight excluding hydrogens is 387 g/mol. The first-order valence-corrected chi connectivity index (χ1v) is 11.2. The van der Waals surface area contributed by atoms with Crippen LogP contribution in [0.3, 0.4) is 0 Å². The number of ether oxygens (including phenoxy) is 3. The summed E-state index contributed by atoms with van der Waals surface area (Å²) in [5, 5.41) is 5.39. The predicted molar refractivity (Wildman–Crippen MR) is 113 cm³/mol. The Balaban J connectivity index is 1.29. The van der Waals surface area contributed by atoms with Crippen LogP contribution in [-0.2, 0) is 16.1 Å². The summed E-state index contributed by atoms with van der Waals surface area (Å²) in [6, 6.07) is 4.96. The van der Waals surface area contributed by atoms with Crippen LogP contribution < -0.4 is 15.4 Å². The van der Waals surface area contributed by atoms with Crippen molar-refractivity contribution in [3.8, 4) is 5.75 Å². The molecule has 0 bridgehead atoms. The fourth-order valence-electron chi connectivity index (χ4n) is 3.59. The second kappa shape index (κ2) is 11.5. The van der Waals surface area contributed by atoms with E-state index in [-0.39, 0.29) is 36.7 Å². The van der Waals surface area contributed by atoms with Crippen molar-refractivity contribution in [3.63, 3.8) is 0 Å². The van der Waals surface area contributed by atoms with Crippen LogP contribution in [0.25, 0.3) is 0 Å². The maximum absolute atomic E-state index is 14.3. The third-order valence-electron chi connectivity index (χ3n) is 5.81. The molecule has 3 rings (SSSR count). The maximum Gasteiger partial charge on any atom is 0.314 e. The normalized spacial score (nSPS) is 22.4. The van der Waals surface area contributed by atoms with Gasteiger partial charge in [0.1, 0.15) is 11.6 Å². The van der Waals surface area contributed by atoms with Crippen molar-refractivity contribution in [1.82, 2.24) is 10.6 Å². The van der Waals surface area contributed by atoms with Gasteiger partial charge in [0.05, 0.1) is 25.4 Å². The summed E-state index contributed by atoms with van der Waals surface area (Å²) in [7, 11) is 1.60. The van der Waals surface area contributed by atoms with Crippen LogP contribution in [0.1, 0.15) is 57.4 Å². The highest BCUT2D eigenvalue weighted by Gasteiger charge is 2.23. The Hall–Kier alpha value is -1.86. The average molecular weight is 423 g/mol. The minimum atomic E-state index is -0.264. The van der Waals surface area contributed by atoms with E-state index in [0.29, 0.717) is 30.4 Å². The quantitative estimate of drug-likeness (QED) is 0.562. The number of rotatable bonds is 11. The molecule has 2 aliphatic rings. The lowest BCUT2D eigenvalue weighted by molar-refractivity contribution is -0.0385. The molecule has 0 spiro atoms. The van der Waals surface area contributed by atoms with E-state index >= 15 is 0 Å². The number of carbonyl (C=O) groups is 1. The topological polar surface area (TPSA) is 68.8 Å². The largest absolute Gasteiger partial charge is 0.493 e. The average Bonchev–Trinajstić information content (AvgIpc) is 3.57. The summed E-state index contributed by atoms with van der Waals surface area (Å²) < 4.78 is 31.8.